The molecule has 0 amide bonds. The highest BCUT2D eigenvalue weighted by Gasteiger charge is 2.52. The number of carbonyl (C=O) groups excluding carboxylic acids is 1. The van der Waals surface area contributed by atoms with Crippen LogP contribution in [0.1, 0.15) is 26.7 Å². The fourth-order valence-electron chi connectivity index (χ4n) is 2.44. The van der Waals surface area contributed by atoms with Crippen LogP contribution >= 0.6 is 11.8 Å². The molecular weight excluding hydrogens is 290 g/mol. The molecule has 0 aliphatic heterocycles. The van der Waals surface area contributed by atoms with E-state index in [-0.39, 0.29) is 23.5 Å². The van der Waals surface area contributed by atoms with Crippen molar-refractivity contribution in [2.75, 3.05) is 12.9 Å². The van der Waals surface area contributed by atoms with E-state index < -0.39 is 5.54 Å². The minimum Gasteiger partial charge on any atom is -0.468 e. The number of aromatic amines is 1. The lowest BCUT2D eigenvalue weighted by Gasteiger charge is -2.33. The predicted molar refractivity (Wildman–Crippen MR) is 81.3 cm³/mol. The smallest absolute Gasteiger partial charge is 0.327 e. The largest absolute Gasteiger partial charge is 0.468 e. The summed E-state index contributed by atoms with van der Waals surface area (Å²) in [6.45, 7) is 4.01. The van der Waals surface area contributed by atoms with Crippen LogP contribution in [-0.2, 0) is 9.53 Å². The van der Waals surface area contributed by atoms with Crippen molar-refractivity contribution in [3.8, 4) is 0 Å². The molecule has 1 atom stereocenters. The van der Waals surface area contributed by atoms with Crippen LogP contribution in [0.25, 0.3) is 0 Å². The lowest BCUT2D eigenvalue weighted by Crippen LogP contribution is -2.59. The number of ether oxygens (including phenoxy) is 1. The number of esters is 1. The molecule has 2 N–H and O–H groups in total. The van der Waals surface area contributed by atoms with E-state index in [1.165, 1.54) is 31.1 Å². The van der Waals surface area contributed by atoms with Crippen LogP contribution < -0.4 is 10.9 Å². The number of hydrogen-bond acceptors (Lipinski definition) is 6. The van der Waals surface area contributed by atoms with Crippen LogP contribution in [0.15, 0.2) is 22.2 Å². The molecule has 1 fully saturated rings. The summed E-state index contributed by atoms with van der Waals surface area (Å²) in [4.78, 5) is 30.4. The minimum absolute atomic E-state index is 0.160. The second-order valence-electron chi connectivity index (χ2n) is 5.56. The molecule has 7 heteroatoms. The first-order valence-electron chi connectivity index (χ1n) is 7.02. The Morgan fingerprint density at radius 2 is 2.33 bits per heavy atom. The Morgan fingerprint density at radius 3 is 2.86 bits per heavy atom. The SMILES string of the molecule is COC(=O)C(CSc1nccc(=O)[nH]1)(NC(C)C)C1CC1. The maximum absolute atomic E-state index is 12.3. The number of hydrogen-bond donors (Lipinski definition) is 2. The summed E-state index contributed by atoms with van der Waals surface area (Å²) in [6, 6.07) is 1.53. The van der Waals surface area contributed by atoms with Crippen molar-refractivity contribution in [1.82, 2.24) is 15.3 Å². The zero-order valence-corrected chi connectivity index (χ0v) is 13.3. The number of H-pyrrole nitrogens is 1. The third-order valence-corrected chi connectivity index (χ3v) is 4.54. The third kappa shape index (κ3) is 3.85. The summed E-state index contributed by atoms with van der Waals surface area (Å²) in [5.41, 5.74) is -0.915. The quantitative estimate of drug-likeness (QED) is 0.447. The van der Waals surface area contributed by atoms with Gasteiger partial charge in [0.2, 0.25) is 0 Å². The first kappa shape index (κ1) is 16.0. The van der Waals surface area contributed by atoms with Gasteiger partial charge < -0.3 is 9.72 Å². The summed E-state index contributed by atoms with van der Waals surface area (Å²) < 4.78 is 5.02. The highest BCUT2D eigenvalue weighted by atomic mass is 32.2. The van der Waals surface area contributed by atoms with E-state index in [0.29, 0.717) is 10.9 Å². The van der Waals surface area contributed by atoms with Crippen molar-refractivity contribution in [2.24, 2.45) is 5.92 Å². The van der Waals surface area contributed by atoms with Gasteiger partial charge in [0.1, 0.15) is 5.54 Å². The first-order chi connectivity index (χ1) is 9.98. The van der Waals surface area contributed by atoms with Gasteiger partial charge in [-0.15, -0.1) is 0 Å². The molecule has 0 radical (unpaired) electrons. The van der Waals surface area contributed by atoms with E-state index in [1.807, 2.05) is 13.8 Å². The Morgan fingerprint density at radius 1 is 1.62 bits per heavy atom. The van der Waals surface area contributed by atoms with Crippen molar-refractivity contribution in [3.63, 3.8) is 0 Å². The highest BCUT2D eigenvalue weighted by Crippen LogP contribution is 2.43. The lowest BCUT2D eigenvalue weighted by molar-refractivity contribution is -0.148. The molecular formula is C14H21N3O3S. The zero-order chi connectivity index (χ0) is 15.5. The van der Waals surface area contributed by atoms with Crippen LogP contribution in [0.2, 0.25) is 0 Å². The molecule has 1 saturated carbocycles. The van der Waals surface area contributed by atoms with Gasteiger partial charge in [-0.3, -0.25) is 14.9 Å². The second-order valence-corrected chi connectivity index (χ2v) is 6.53. The van der Waals surface area contributed by atoms with Crippen LogP contribution in [0.5, 0.6) is 0 Å². The van der Waals surface area contributed by atoms with Gasteiger partial charge >= 0.3 is 5.97 Å². The van der Waals surface area contributed by atoms with Gasteiger partial charge in [-0.1, -0.05) is 11.8 Å². The normalized spacial score (nSPS) is 17.5. The summed E-state index contributed by atoms with van der Waals surface area (Å²) in [5, 5.41) is 3.89. The molecule has 0 saturated heterocycles. The average Bonchev–Trinajstić information content (AvgIpc) is 3.27. The van der Waals surface area contributed by atoms with E-state index in [9.17, 15) is 9.59 Å². The number of aromatic nitrogens is 2. The van der Waals surface area contributed by atoms with Gasteiger partial charge in [-0.25, -0.2) is 4.98 Å². The van der Waals surface area contributed by atoms with Crippen molar-refractivity contribution in [3.05, 3.63) is 22.6 Å². The zero-order valence-electron chi connectivity index (χ0n) is 12.5. The van der Waals surface area contributed by atoms with Crippen LogP contribution in [0, 0.1) is 5.92 Å². The van der Waals surface area contributed by atoms with Gasteiger partial charge in [0, 0.05) is 24.1 Å². The molecule has 1 unspecified atom stereocenters. The molecule has 116 valence electrons. The molecule has 21 heavy (non-hydrogen) atoms. The predicted octanol–water partition coefficient (Wildman–Crippen LogP) is 1.18. The lowest BCUT2D eigenvalue weighted by atomic mass is 9.94. The van der Waals surface area contributed by atoms with Crippen LogP contribution in [-0.4, -0.2) is 40.4 Å². The Kier molecular flexibility index (Phi) is 5.05. The molecule has 1 aromatic rings. The number of nitrogens with zero attached hydrogens (tertiary/aromatic N) is 1. The van der Waals surface area contributed by atoms with Gasteiger partial charge in [0.15, 0.2) is 5.16 Å². The number of thioether (sulfide) groups is 1. The van der Waals surface area contributed by atoms with E-state index in [0.717, 1.165) is 12.8 Å². The molecule has 0 bridgehead atoms. The Balaban J connectivity index is 2.18. The van der Waals surface area contributed by atoms with E-state index in [1.54, 1.807) is 0 Å². The Hall–Kier alpha value is -1.34. The molecule has 1 aliphatic rings. The molecule has 1 heterocycles. The summed E-state index contributed by atoms with van der Waals surface area (Å²) in [5.74, 6) is 0.509. The number of rotatable bonds is 7. The van der Waals surface area contributed by atoms with Gasteiger partial charge in [0.05, 0.1) is 7.11 Å². The maximum Gasteiger partial charge on any atom is 0.327 e. The average molecular weight is 311 g/mol. The monoisotopic (exact) mass is 311 g/mol. The highest BCUT2D eigenvalue weighted by molar-refractivity contribution is 7.99. The summed E-state index contributed by atoms with van der Waals surface area (Å²) in [6.07, 6.45) is 3.48. The summed E-state index contributed by atoms with van der Waals surface area (Å²) >= 11 is 1.37. The molecule has 0 spiro atoms. The molecule has 2 rings (SSSR count). The molecule has 1 aliphatic carbocycles. The van der Waals surface area contributed by atoms with Crippen molar-refractivity contribution < 1.29 is 9.53 Å². The topological polar surface area (TPSA) is 84.1 Å². The third-order valence-electron chi connectivity index (χ3n) is 3.45. The minimum atomic E-state index is -0.720. The second kappa shape index (κ2) is 6.62. The standard InChI is InChI=1S/C14H21N3O3S/c1-9(2)17-14(10-4-5-10,12(19)20-3)8-21-13-15-7-6-11(18)16-13/h6-7,9-10,17H,4-5,8H2,1-3H3,(H,15,16,18). The maximum atomic E-state index is 12.3. The van der Waals surface area contributed by atoms with Crippen molar-refractivity contribution in [2.45, 2.75) is 43.4 Å². The van der Waals surface area contributed by atoms with Crippen molar-refractivity contribution in [1.29, 1.82) is 0 Å². The molecule has 6 nitrogen and oxygen atoms in total. The van der Waals surface area contributed by atoms with E-state index >= 15 is 0 Å². The Labute approximate surface area is 128 Å². The fourth-order valence-corrected chi connectivity index (χ4v) is 3.55. The molecule has 1 aromatic heterocycles. The number of methoxy groups -OCH3 is 1. The molecule has 0 aromatic carbocycles. The van der Waals surface area contributed by atoms with Crippen LogP contribution in [0.3, 0.4) is 0 Å². The van der Waals surface area contributed by atoms with Gasteiger partial charge in [-0.05, 0) is 32.6 Å². The van der Waals surface area contributed by atoms with Gasteiger partial charge in [0.25, 0.3) is 5.56 Å². The number of nitrogens with one attached hydrogen (secondary N) is 2. The van der Waals surface area contributed by atoms with Gasteiger partial charge in [-0.2, -0.15) is 0 Å². The number of carbonyl (C=O) groups is 1. The van der Waals surface area contributed by atoms with E-state index in [2.05, 4.69) is 15.3 Å². The first-order valence-corrected chi connectivity index (χ1v) is 8.00. The van der Waals surface area contributed by atoms with E-state index in [4.69, 9.17) is 4.74 Å². The Bertz CT molecular complexity index is 556. The fraction of sp³-hybridized carbons (Fsp3) is 0.643. The summed E-state index contributed by atoms with van der Waals surface area (Å²) in [7, 11) is 1.41. The van der Waals surface area contributed by atoms with Crippen LogP contribution in [0.4, 0.5) is 0 Å². The van der Waals surface area contributed by atoms with Crippen molar-refractivity contribution >= 4 is 17.7 Å².